The summed E-state index contributed by atoms with van der Waals surface area (Å²) < 4.78 is 16.6. The molecule has 1 aromatic heterocycles. The number of urea groups is 1. The number of amides is 3. The fourth-order valence-electron chi connectivity index (χ4n) is 3.40. The maximum Gasteiger partial charge on any atom is 0.373 e. The van der Waals surface area contributed by atoms with Crippen LogP contribution in [0.15, 0.2) is 69.2 Å². The second-order valence-corrected chi connectivity index (χ2v) is 8.46. The van der Waals surface area contributed by atoms with E-state index < -0.39 is 17.9 Å². The molecule has 174 valence electrons. The highest BCUT2D eigenvalue weighted by Crippen LogP contribution is 2.28. The van der Waals surface area contributed by atoms with Gasteiger partial charge in [-0.1, -0.05) is 35.9 Å². The molecule has 2 heterocycles. The SMILES string of the molecule is COC(=O)c1ccc(CN2C(=O)N/C(=C\c3ccc(OCc4cccc(C)c4)c(Br)c3)C2=O)o1. The Balaban J connectivity index is 1.43. The molecule has 0 saturated carbocycles. The van der Waals surface area contributed by atoms with Crippen LogP contribution in [0.4, 0.5) is 4.79 Å². The molecular weight excluding hydrogens is 504 g/mol. The average molecular weight is 525 g/mol. The van der Waals surface area contributed by atoms with E-state index in [4.69, 9.17) is 9.15 Å². The van der Waals surface area contributed by atoms with Crippen molar-refractivity contribution < 1.29 is 28.3 Å². The Morgan fingerprint density at radius 1 is 1.15 bits per heavy atom. The summed E-state index contributed by atoms with van der Waals surface area (Å²) in [6, 6.07) is 15.8. The molecule has 1 aliphatic rings. The molecule has 0 atom stereocenters. The van der Waals surface area contributed by atoms with E-state index in [0.717, 1.165) is 16.0 Å². The van der Waals surface area contributed by atoms with Crippen molar-refractivity contribution in [1.29, 1.82) is 0 Å². The maximum atomic E-state index is 12.8. The van der Waals surface area contributed by atoms with Crippen molar-refractivity contribution in [3.63, 3.8) is 0 Å². The van der Waals surface area contributed by atoms with Gasteiger partial charge in [0.2, 0.25) is 5.76 Å². The largest absolute Gasteiger partial charge is 0.488 e. The van der Waals surface area contributed by atoms with E-state index in [1.54, 1.807) is 24.3 Å². The first-order chi connectivity index (χ1) is 16.3. The van der Waals surface area contributed by atoms with Crippen LogP contribution in [0.1, 0.15) is 33.0 Å². The molecule has 3 amide bonds. The van der Waals surface area contributed by atoms with Crippen molar-refractivity contribution >= 4 is 39.9 Å². The lowest BCUT2D eigenvalue weighted by molar-refractivity contribution is -0.123. The van der Waals surface area contributed by atoms with E-state index in [2.05, 4.69) is 32.0 Å². The molecule has 3 aromatic rings. The number of methoxy groups -OCH3 is 1. The summed E-state index contributed by atoms with van der Waals surface area (Å²) >= 11 is 3.50. The summed E-state index contributed by atoms with van der Waals surface area (Å²) in [6.07, 6.45) is 1.58. The van der Waals surface area contributed by atoms with Crippen LogP contribution in [-0.2, 0) is 22.7 Å². The van der Waals surface area contributed by atoms with Crippen LogP contribution in [0.5, 0.6) is 5.75 Å². The molecule has 0 aliphatic carbocycles. The number of imide groups is 1. The van der Waals surface area contributed by atoms with Gasteiger partial charge >= 0.3 is 12.0 Å². The van der Waals surface area contributed by atoms with Gasteiger partial charge in [0.15, 0.2) is 0 Å². The van der Waals surface area contributed by atoms with Gasteiger partial charge in [-0.3, -0.25) is 9.69 Å². The van der Waals surface area contributed by atoms with Crippen molar-refractivity contribution in [2.45, 2.75) is 20.1 Å². The zero-order chi connectivity index (χ0) is 24.2. The fraction of sp³-hybridized carbons (Fsp3) is 0.160. The highest BCUT2D eigenvalue weighted by molar-refractivity contribution is 9.10. The molecule has 4 rings (SSSR count). The lowest BCUT2D eigenvalue weighted by Crippen LogP contribution is -2.30. The number of hydrogen-bond donors (Lipinski definition) is 1. The average Bonchev–Trinajstić information content (AvgIpc) is 3.38. The number of rotatable bonds is 7. The second kappa shape index (κ2) is 9.96. The number of nitrogens with one attached hydrogen (secondary N) is 1. The third kappa shape index (κ3) is 5.20. The second-order valence-electron chi connectivity index (χ2n) is 7.60. The van der Waals surface area contributed by atoms with Crippen molar-refractivity contribution in [1.82, 2.24) is 10.2 Å². The lowest BCUT2D eigenvalue weighted by Gasteiger charge is -2.10. The van der Waals surface area contributed by atoms with E-state index in [1.807, 2.05) is 25.1 Å². The molecule has 0 radical (unpaired) electrons. The first-order valence-electron chi connectivity index (χ1n) is 10.3. The minimum absolute atomic E-state index is 0.00474. The highest BCUT2D eigenvalue weighted by atomic mass is 79.9. The van der Waals surface area contributed by atoms with Gasteiger partial charge in [0, 0.05) is 0 Å². The summed E-state index contributed by atoms with van der Waals surface area (Å²) in [4.78, 5) is 37.6. The Morgan fingerprint density at radius 3 is 2.71 bits per heavy atom. The van der Waals surface area contributed by atoms with Crippen LogP contribution in [0.25, 0.3) is 6.08 Å². The maximum absolute atomic E-state index is 12.8. The summed E-state index contributed by atoms with van der Waals surface area (Å²) in [5.74, 6) is -0.206. The number of hydrogen-bond acceptors (Lipinski definition) is 6. The van der Waals surface area contributed by atoms with Crippen molar-refractivity contribution in [3.05, 3.63) is 93.0 Å². The Kier molecular flexibility index (Phi) is 6.83. The number of carbonyl (C=O) groups excluding carboxylic acids is 3. The van der Waals surface area contributed by atoms with Gasteiger partial charge in [-0.25, -0.2) is 9.59 Å². The number of benzene rings is 2. The highest BCUT2D eigenvalue weighted by Gasteiger charge is 2.34. The number of aryl methyl sites for hydroxylation is 1. The fourth-order valence-corrected chi connectivity index (χ4v) is 3.91. The number of esters is 1. The molecule has 2 aromatic carbocycles. The van der Waals surface area contributed by atoms with E-state index in [0.29, 0.717) is 22.4 Å². The van der Waals surface area contributed by atoms with Crippen molar-refractivity contribution in [2.75, 3.05) is 7.11 Å². The van der Waals surface area contributed by atoms with E-state index >= 15 is 0 Å². The predicted octanol–water partition coefficient (Wildman–Crippen LogP) is 4.81. The van der Waals surface area contributed by atoms with E-state index in [-0.39, 0.29) is 23.8 Å². The van der Waals surface area contributed by atoms with Gasteiger partial charge < -0.3 is 19.2 Å². The molecule has 1 fully saturated rings. The molecular formula is C25H21BrN2O6. The van der Waals surface area contributed by atoms with Crippen LogP contribution in [0.3, 0.4) is 0 Å². The third-order valence-corrected chi connectivity index (χ3v) is 5.69. The number of carbonyl (C=O) groups is 3. The van der Waals surface area contributed by atoms with Gasteiger partial charge in [0.25, 0.3) is 5.91 Å². The van der Waals surface area contributed by atoms with Gasteiger partial charge in [0.05, 0.1) is 18.1 Å². The smallest absolute Gasteiger partial charge is 0.373 e. The van der Waals surface area contributed by atoms with Crippen LogP contribution in [0, 0.1) is 6.92 Å². The zero-order valence-corrected chi connectivity index (χ0v) is 20.0. The number of ether oxygens (including phenoxy) is 2. The van der Waals surface area contributed by atoms with Gasteiger partial charge in [-0.05, 0) is 64.3 Å². The Labute approximate surface area is 204 Å². The first kappa shape index (κ1) is 23.3. The monoisotopic (exact) mass is 524 g/mol. The summed E-state index contributed by atoms with van der Waals surface area (Å²) in [5.41, 5.74) is 3.06. The Bertz CT molecular complexity index is 1300. The minimum atomic E-state index is -0.638. The minimum Gasteiger partial charge on any atom is -0.488 e. The number of halogens is 1. The topological polar surface area (TPSA) is 98.1 Å². The van der Waals surface area contributed by atoms with Gasteiger partial charge in [0.1, 0.15) is 23.8 Å². The quantitative estimate of drug-likeness (QED) is 0.270. The normalized spacial score (nSPS) is 14.4. The van der Waals surface area contributed by atoms with E-state index in [9.17, 15) is 14.4 Å². The Morgan fingerprint density at radius 2 is 1.97 bits per heavy atom. The Hall–Kier alpha value is -3.85. The molecule has 1 N–H and O–H groups in total. The molecule has 9 heteroatoms. The van der Waals surface area contributed by atoms with Crippen LogP contribution in [-0.4, -0.2) is 29.9 Å². The standard InChI is InChI=1S/C25H21BrN2O6/c1-15-4-3-5-17(10-15)14-33-21-8-6-16(11-19(21)26)12-20-23(29)28(25(31)27-20)13-18-7-9-22(34-18)24(30)32-2/h3-12H,13-14H2,1-2H3,(H,27,31)/b20-12-. The molecule has 1 aliphatic heterocycles. The van der Waals surface area contributed by atoms with Crippen molar-refractivity contribution in [2.24, 2.45) is 0 Å². The summed E-state index contributed by atoms with van der Waals surface area (Å²) in [5, 5.41) is 2.57. The predicted molar refractivity (Wildman–Crippen MR) is 127 cm³/mol. The molecule has 0 bridgehead atoms. The molecule has 8 nitrogen and oxygen atoms in total. The zero-order valence-electron chi connectivity index (χ0n) is 18.5. The molecule has 1 saturated heterocycles. The lowest BCUT2D eigenvalue weighted by atomic mass is 10.1. The number of nitrogens with zero attached hydrogens (tertiary/aromatic N) is 1. The summed E-state index contributed by atoms with van der Waals surface area (Å²) in [6.45, 7) is 2.34. The van der Waals surface area contributed by atoms with Gasteiger partial charge in [-0.2, -0.15) is 0 Å². The summed E-state index contributed by atoms with van der Waals surface area (Å²) in [7, 11) is 1.24. The molecule has 34 heavy (non-hydrogen) atoms. The van der Waals surface area contributed by atoms with Gasteiger partial charge in [-0.15, -0.1) is 0 Å². The van der Waals surface area contributed by atoms with Crippen LogP contribution >= 0.6 is 15.9 Å². The molecule has 0 unspecified atom stereocenters. The third-order valence-electron chi connectivity index (χ3n) is 5.07. The first-order valence-corrected chi connectivity index (χ1v) is 11.1. The number of furan rings is 1. The van der Waals surface area contributed by atoms with Crippen molar-refractivity contribution in [3.8, 4) is 5.75 Å². The van der Waals surface area contributed by atoms with Crippen LogP contribution in [0.2, 0.25) is 0 Å². The van der Waals surface area contributed by atoms with E-state index in [1.165, 1.54) is 19.2 Å². The molecule has 0 spiro atoms. The van der Waals surface area contributed by atoms with Crippen LogP contribution < -0.4 is 10.1 Å².